The normalized spacial score (nSPS) is 15.2. The Morgan fingerprint density at radius 1 is 1.22 bits per heavy atom. The summed E-state index contributed by atoms with van der Waals surface area (Å²) in [5, 5.41) is 8.85. The number of methoxy groups -OCH3 is 1. The van der Waals surface area contributed by atoms with Crippen molar-refractivity contribution in [1.29, 1.82) is 0 Å². The second kappa shape index (κ2) is 12.2. The Morgan fingerprint density at radius 3 is 2.66 bits per heavy atom. The van der Waals surface area contributed by atoms with Crippen molar-refractivity contribution in [2.75, 3.05) is 33.8 Å². The molecule has 1 fully saturated rings. The van der Waals surface area contributed by atoms with Gasteiger partial charge >= 0.3 is 0 Å². The first-order valence-corrected chi connectivity index (χ1v) is 11.5. The highest BCUT2D eigenvalue weighted by Gasteiger charge is 2.23. The zero-order valence-corrected chi connectivity index (χ0v) is 21.6. The van der Waals surface area contributed by atoms with Crippen molar-refractivity contribution in [1.82, 2.24) is 20.5 Å². The largest absolute Gasteiger partial charge is 0.497 e. The summed E-state index contributed by atoms with van der Waals surface area (Å²) in [6.45, 7) is 3.56. The SMILES string of the molecule is CN=C(NCc1coc(-c2cccs2)n1)NCC(c1ccc(OC)cc1)N1CCCC1.I. The Balaban J connectivity index is 0.00000289. The number of likely N-dealkylation sites (tertiary alicyclic amines) is 1. The predicted molar refractivity (Wildman–Crippen MR) is 140 cm³/mol. The smallest absolute Gasteiger partial charge is 0.236 e. The van der Waals surface area contributed by atoms with Crippen molar-refractivity contribution in [3.8, 4) is 16.5 Å². The Labute approximate surface area is 210 Å². The van der Waals surface area contributed by atoms with Gasteiger partial charge in [0.05, 0.1) is 30.3 Å². The van der Waals surface area contributed by atoms with Crippen molar-refractivity contribution >= 4 is 41.3 Å². The molecule has 1 aliphatic rings. The highest BCUT2D eigenvalue weighted by molar-refractivity contribution is 14.0. The van der Waals surface area contributed by atoms with Crippen LogP contribution >= 0.6 is 35.3 Å². The summed E-state index contributed by atoms with van der Waals surface area (Å²) in [7, 11) is 3.48. The standard InChI is InChI=1S/C23H29N5O2S.HI/c1-24-23(25-14-18-16-30-22(27-18)21-6-5-13-31-21)26-15-20(28-11-3-4-12-28)17-7-9-19(29-2)10-8-17;/h5-10,13,16,20H,3-4,11-12,14-15H2,1-2H3,(H2,24,25,26);1H. The fourth-order valence-electron chi connectivity index (χ4n) is 3.83. The maximum Gasteiger partial charge on any atom is 0.236 e. The number of ether oxygens (including phenoxy) is 1. The molecule has 0 spiro atoms. The first-order valence-electron chi connectivity index (χ1n) is 10.6. The Kier molecular flexibility index (Phi) is 9.36. The third-order valence-electron chi connectivity index (χ3n) is 5.49. The van der Waals surface area contributed by atoms with Crippen LogP contribution in [0.3, 0.4) is 0 Å². The van der Waals surface area contributed by atoms with Gasteiger partial charge in [0, 0.05) is 13.6 Å². The number of guanidine groups is 1. The van der Waals surface area contributed by atoms with Crippen LogP contribution in [-0.4, -0.2) is 49.6 Å². The van der Waals surface area contributed by atoms with Gasteiger partial charge in [-0.15, -0.1) is 35.3 Å². The molecule has 3 heterocycles. The maximum atomic E-state index is 5.60. The third kappa shape index (κ3) is 6.23. The molecule has 0 aliphatic carbocycles. The van der Waals surface area contributed by atoms with Gasteiger partial charge in [-0.2, -0.15) is 0 Å². The molecule has 1 unspecified atom stereocenters. The van der Waals surface area contributed by atoms with Crippen LogP contribution in [0.25, 0.3) is 10.8 Å². The summed E-state index contributed by atoms with van der Waals surface area (Å²) in [4.78, 5) is 12.5. The molecule has 0 amide bonds. The number of aliphatic imine (C=N–C) groups is 1. The maximum absolute atomic E-state index is 5.60. The summed E-state index contributed by atoms with van der Waals surface area (Å²) >= 11 is 1.62. The van der Waals surface area contributed by atoms with Gasteiger partial charge in [0.1, 0.15) is 12.0 Å². The van der Waals surface area contributed by atoms with Crippen LogP contribution < -0.4 is 15.4 Å². The van der Waals surface area contributed by atoms with Gasteiger partial charge in [-0.25, -0.2) is 4.98 Å². The molecule has 3 aromatic rings. The Hall–Kier alpha value is -2.11. The fraction of sp³-hybridized carbons (Fsp3) is 0.391. The van der Waals surface area contributed by atoms with E-state index in [1.807, 2.05) is 29.6 Å². The van der Waals surface area contributed by atoms with Crippen molar-refractivity contribution in [3.05, 3.63) is 59.3 Å². The zero-order valence-electron chi connectivity index (χ0n) is 18.4. The predicted octanol–water partition coefficient (Wildman–Crippen LogP) is 4.53. The lowest BCUT2D eigenvalue weighted by atomic mass is 10.1. The molecule has 32 heavy (non-hydrogen) atoms. The summed E-state index contributed by atoms with van der Waals surface area (Å²) < 4.78 is 10.9. The van der Waals surface area contributed by atoms with E-state index >= 15 is 0 Å². The quantitative estimate of drug-likeness (QED) is 0.237. The van der Waals surface area contributed by atoms with Crippen LogP contribution in [0.2, 0.25) is 0 Å². The number of nitrogens with zero attached hydrogens (tertiary/aromatic N) is 3. The van der Waals surface area contributed by atoms with Gasteiger partial charge in [-0.3, -0.25) is 9.89 Å². The van der Waals surface area contributed by atoms with E-state index in [0.717, 1.165) is 41.9 Å². The van der Waals surface area contributed by atoms with Crippen LogP contribution in [0.4, 0.5) is 0 Å². The average molecular weight is 567 g/mol. The number of halogens is 1. The number of aromatic nitrogens is 1. The minimum Gasteiger partial charge on any atom is -0.497 e. The van der Waals surface area contributed by atoms with E-state index in [0.29, 0.717) is 12.4 Å². The monoisotopic (exact) mass is 567 g/mol. The van der Waals surface area contributed by atoms with E-state index in [-0.39, 0.29) is 30.0 Å². The van der Waals surface area contributed by atoms with Crippen molar-refractivity contribution in [2.24, 2.45) is 4.99 Å². The lowest BCUT2D eigenvalue weighted by Crippen LogP contribution is -2.42. The Morgan fingerprint density at radius 2 is 2.00 bits per heavy atom. The van der Waals surface area contributed by atoms with E-state index in [1.165, 1.54) is 18.4 Å². The highest BCUT2D eigenvalue weighted by atomic mass is 127. The summed E-state index contributed by atoms with van der Waals surface area (Å²) in [6, 6.07) is 12.6. The lowest BCUT2D eigenvalue weighted by molar-refractivity contribution is 0.245. The van der Waals surface area contributed by atoms with Crippen molar-refractivity contribution in [2.45, 2.75) is 25.4 Å². The average Bonchev–Trinajstić information content (AvgIpc) is 3.58. The van der Waals surface area contributed by atoms with Crippen molar-refractivity contribution in [3.63, 3.8) is 0 Å². The molecule has 7 nitrogen and oxygen atoms in total. The van der Waals surface area contributed by atoms with Gasteiger partial charge in [0.25, 0.3) is 0 Å². The number of hydrogen-bond donors (Lipinski definition) is 2. The fourth-order valence-corrected chi connectivity index (χ4v) is 4.48. The molecule has 1 saturated heterocycles. The second-order valence-corrected chi connectivity index (χ2v) is 8.41. The molecule has 1 aromatic carbocycles. The number of benzene rings is 1. The van der Waals surface area contributed by atoms with E-state index in [9.17, 15) is 0 Å². The lowest BCUT2D eigenvalue weighted by Gasteiger charge is -2.29. The topological polar surface area (TPSA) is 74.9 Å². The molecule has 2 N–H and O–H groups in total. The molecule has 0 saturated carbocycles. The van der Waals surface area contributed by atoms with Gasteiger partial charge in [-0.1, -0.05) is 18.2 Å². The molecule has 4 rings (SSSR count). The van der Waals surface area contributed by atoms with Crippen LogP contribution in [-0.2, 0) is 6.54 Å². The van der Waals surface area contributed by atoms with Gasteiger partial charge in [0.15, 0.2) is 5.96 Å². The molecule has 9 heteroatoms. The van der Waals surface area contributed by atoms with Crippen LogP contribution in [0.5, 0.6) is 5.75 Å². The molecular formula is C23H30IN5O2S. The minimum atomic E-state index is 0. The molecule has 172 valence electrons. The van der Waals surface area contributed by atoms with E-state index in [2.05, 4.69) is 37.6 Å². The van der Waals surface area contributed by atoms with Crippen molar-refractivity contribution < 1.29 is 9.15 Å². The molecule has 0 radical (unpaired) electrons. The van der Waals surface area contributed by atoms with Crippen LogP contribution in [0.15, 0.2) is 57.5 Å². The second-order valence-electron chi connectivity index (χ2n) is 7.46. The van der Waals surface area contributed by atoms with E-state index < -0.39 is 0 Å². The first-order chi connectivity index (χ1) is 15.3. The summed E-state index contributed by atoms with van der Waals surface area (Å²) in [5.41, 5.74) is 2.13. The Bertz CT molecular complexity index is 969. The molecule has 0 bridgehead atoms. The van der Waals surface area contributed by atoms with E-state index in [4.69, 9.17) is 9.15 Å². The molecule has 1 atom stereocenters. The van der Waals surface area contributed by atoms with E-state index in [1.54, 1.807) is 31.8 Å². The van der Waals surface area contributed by atoms with Crippen LogP contribution in [0, 0.1) is 0 Å². The number of rotatable bonds is 8. The highest BCUT2D eigenvalue weighted by Crippen LogP contribution is 2.26. The third-order valence-corrected chi connectivity index (χ3v) is 6.35. The summed E-state index contributed by atoms with van der Waals surface area (Å²) in [6.07, 6.45) is 4.19. The molecule has 1 aliphatic heterocycles. The van der Waals surface area contributed by atoms with Gasteiger partial charge < -0.3 is 19.8 Å². The zero-order chi connectivity index (χ0) is 21.5. The van der Waals surface area contributed by atoms with Crippen LogP contribution in [0.1, 0.15) is 30.1 Å². The number of hydrogen-bond acceptors (Lipinski definition) is 6. The van der Waals surface area contributed by atoms with Gasteiger partial charge in [-0.05, 0) is 55.1 Å². The summed E-state index contributed by atoms with van der Waals surface area (Å²) in [5.74, 6) is 2.28. The number of thiophene rings is 1. The minimum absolute atomic E-state index is 0. The molecular weight excluding hydrogens is 537 g/mol. The van der Waals surface area contributed by atoms with Gasteiger partial charge in [0.2, 0.25) is 5.89 Å². The number of oxazole rings is 1. The first kappa shape index (κ1) is 24.5. The number of nitrogens with one attached hydrogen (secondary N) is 2. The molecule has 2 aromatic heterocycles.